The number of oxazole rings is 1. The van der Waals surface area contributed by atoms with Gasteiger partial charge in [-0.3, -0.25) is 4.72 Å². The monoisotopic (exact) mass is 466 g/mol. The highest BCUT2D eigenvalue weighted by atomic mass is 32.2. The number of esters is 1. The van der Waals surface area contributed by atoms with Crippen LogP contribution in [0, 0.1) is 0 Å². The van der Waals surface area contributed by atoms with E-state index >= 15 is 0 Å². The summed E-state index contributed by atoms with van der Waals surface area (Å²) < 4.78 is 50.1. The number of para-hydroxylation sites is 3. The molecule has 1 aromatic heterocycles. The number of hydrogen-bond acceptors (Lipinski definition) is 8. The number of carbonyl (C=O) groups is 1. The summed E-state index contributed by atoms with van der Waals surface area (Å²) in [6, 6.07) is 17.7. The molecule has 1 aliphatic heterocycles. The first-order valence-electron chi connectivity index (χ1n) is 10.0. The third kappa shape index (κ3) is 4.33. The van der Waals surface area contributed by atoms with E-state index in [2.05, 4.69) is 9.71 Å². The van der Waals surface area contributed by atoms with Crippen LogP contribution in [-0.4, -0.2) is 32.6 Å². The van der Waals surface area contributed by atoms with E-state index in [4.69, 9.17) is 18.6 Å². The van der Waals surface area contributed by atoms with Crippen molar-refractivity contribution in [3.8, 4) is 11.5 Å². The SMILES string of the molecule is O=C(OCc1nc2ccccc2o1)c1ccccc1NS(=O)(=O)c1ccc2c(c1)OCCO2. The number of nitrogens with zero attached hydrogens (tertiary/aromatic N) is 1. The number of aromatic nitrogens is 1. The van der Waals surface area contributed by atoms with Crippen LogP contribution in [-0.2, 0) is 21.4 Å². The minimum Gasteiger partial charge on any atom is -0.486 e. The minimum absolute atomic E-state index is 0.0265. The fraction of sp³-hybridized carbons (Fsp3) is 0.130. The van der Waals surface area contributed by atoms with Gasteiger partial charge in [0.05, 0.1) is 16.1 Å². The standard InChI is InChI=1S/C23H18N2O7S/c26-23(31-14-22-24-18-7-3-4-8-19(18)32-22)16-5-1-2-6-17(16)25-33(27,28)15-9-10-20-21(13-15)30-12-11-29-20/h1-10,13,25H,11-12,14H2. The van der Waals surface area contributed by atoms with Gasteiger partial charge in [-0.25, -0.2) is 18.2 Å². The first-order valence-corrected chi connectivity index (χ1v) is 11.5. The highest BCUT2D eigenvalue weighted by Crippen LogP contribution is 2.33. The second kappa shape index (κ2) is 8.47. The molecule has 0 spiro atoms. The summed E-state index contributed by atoms with van der Waals surface area (Å²) in [6.07, 6.45) is 0. The summed E-state index contributed by atoms with van der Waals surface area (Å²) >= 11 is 0. The smallest absolute Gasteiger partial charge is 0.340 e. The third-order valence-electron chi connectivity index (χ3n) is 4.88. The molecule has 0 atom stereocenters. The molecular weight excluding hydrogens is 448 g/mol. The average molecular weight is 466 g/mol. The fourth-order valence-corrected chi connectivity index (χ4v) is 4.43. The van der Waals surface area contributed by atoms with E-state index in [1.807, 2.05) is 12.1 Å². The molecule has 0 radical (unpaired) electrons. The third-order valence-corrected chi connectivity index (χ3v) is 6.24. The number of benzene rings is 3. The predicted octanol–water partition coefficient (Wildman–Crippen LogP) is 3.76. The van der Waals surface area contributed by atoms with Gasteiger partial charge >= 0.3 is 5.97 Å². The van der Waals surface area contributed by atoms with Gasteiger partial charge in [0.2, 0.25) is 5.89 Å². The van der Waals surface area contributed by atoms with Gasteiger partial charge in [0.25, 0.3) is 10.0 Å². The summed E-state index contributed by atoms with van der Waals surface area (Å²) in [5.74, 6) is 0.329. The zero-order valence-corrected chi connectivity index (χ0v) is 18.0. The number of carbonyl (C=O) groups excluding carboxylic acids is 1. The van der Waals surface area contributed by atoms with Crippen molar-refractivity contribution < 1.29 is 31.8 Å². The highest BCUT2D eigenvalue weighted by Gasteiger charge is 2.22. The van der Waals surface area contributed by atoms with Crippen molar-refractivity contribution in [2.75, 3.05) is 17.9 Å². The Balaban J connectivity index is 1.34. The summed E-state index contributed by atoms with van der Waals surface area (Å²) in [6.45, 7) is 0.534. The van der Waals surface area contributed by atoms with Gasteiger partial charge in [0.15, 0.2) is 23.7 Å². The molecule has 2 heterocycles. The summed E-state index contributed by atoms with van der Waals surface area (Å²) in [5.41, 5.74) is 1.36. The highest BCUT2D eigenvalue weighted by molar-refractivity contribution is 7.92. The van der Waals surface area contributed by atoms with Crippen LogP contribution in [0.5, 0.6) is 11.5 Å². The van der Waals surface area contributed by atoms with Crippen LogP contribution >= 0.6 is 0 Å². The molecule has 5 rings (SSSR count). The maximum atomic E-state index is 13.0. The lowest BCUT2D eigenvalue weighted by atomic mass is 10.2. The van der Waals surface area contributed by atoms with Gasteiger partial charge in [-0.1, -0.05) is 24.3 Å². The number of ether oxygens (including phenoxy) is 3. The molecule has 1 aliphatic rings. The van der Waals surface area contributed by atoms with Crippen LogP contribution < -0.4 is 14.2 Å². The lowest BCUT2D eigenvalue weighted by molar-refractivity contribution is 0.0441. The van der Waals surface area contributed by atoms with Crippen molar-refractivity contribution in [1.82, 2.24) is 4.98 Å². The van der Waals surface area contributed by atoms with Gasteiger partial charge in [0, 0.05) is 6.07 Å². The van der Waals surface area contributed by atoms with Crippen LogP contribution in [0.1, 0.15) is 16.2 Å². The largest absolute Gasteiger partial charge is 0.486 e. The zero-order valence-electron chi connectivity index (χ0n) is 17.2. The van der Waals surface area contributed by atoms with E-state index in [-0.39, 0.29) is 28.6 Å². The van der Waals surface area contributed by atoms with Gasteiger partial charge in [0.1, 0.15) is 18.7 Å². The Morgan fingerprint density at radius 3 is 2.58 bits per heavy atom. The number of anilines is 1. The Labute approximate surface area is 189 Å². The van der Waals surface area contributed by atoms with Crippen LogP contribution in [0.3, 0.4) is 0 Å². The quantitative estimate of drug-likeness (QED) is 0.427. The molecule has 1 N–H and O–H groups in total. The van der Waals surface area contributed by atoms with E-state index in [1.165, 1.54) is 30.3 Å². The number of sulfonamides is 1. The van der Waals surface area contributed by atoms with Crippen molar-refractivity contribution in [3.05, 3.63) is 78.2 Å². The molecule has 0 saturated carbocycles. The van der Waals surface area contributed by atoms with Crippen molar-refractivity contribution in [2.45, 2.75) is 11.5 Å². The molecule has 9 nitrogen and oxygen atoms in total. The minimum atomic E-state index is -4.01. The Kier molecular flexibility index (Phi) is 5.35. The van der Waals surface area contributed by atoms with E-state index in [9.17, 15) is 13.2 Å². The summed E-state index contributed by atoms with van der Waals surface area (Å²) in [5, 5.41) is 0. The molecule has 10 heteroatoms. The number of hydrogen-bond donors (Lipinski definition) is 1. The predicted molar refractivity (Wildman–Crippen MR) is 118 cm³/mol. The molecule has 0 aliphatic carbocycles. The number of rotatable bonds is 6. The molecule has 0 unspecified atom stereocenters. The second-order valence-corrected chi connectivity index (χ2v) is 8.79. The molecule has 168 valence electrons. The maximum Gasteiger partial charge on any atom is 0.340 e. The Bertz CT molecular complexity index is 1410. The van der Waals surface area contributed by atoms with Crippen LogP contribution in [0.25, 0.3) is 11.1 Å². The fourth-order valence-electron chi connectivity index (χ4n) is 3.33. The van der Waals surface area contributed by atoms with E-state index in [1.54, 1.807) is 24.3 Å². The molecule has 33 heavy (non-hydrogen) atoms. The Morgan fingerprint density at radius 1 is 0.970 bits per heavy atom. The zero-order chi connectivity index (χ0) is 22.8. The summed E-state index contributed by atoms with van der Waals surface area (Å²) in [4.78, 5) is 16.9. The Hall–Kier alpha value is -4.05. The van der Waals surface area contributed by atoms with Crippen LogP contribution in [0.15, 0.2) is 76.0 Å². The molecule has 4 aromatic rings. The molecular formula is C23H18N2O7S. The van der Waals surface area contributed by atoms with E-state index in [0.717, 1.165) is 0 Å². The van der Waals surface area contributed by atoms with Crippen LogP contribution in [0.4, 0.5) is 5.69 Å². The lowest BCUT2D eigenvalue weighted by Gasteiger charge is -2.19. The van der Waals surface area contributed by atoms with Gasteiger partial charge in [-0.15, -0.1) is 0 Å². The van der Waals surface area contributed by atoms with Crippen molar-refractivity contribution >= 4 is 32.8 Å². The molecule has 3 aromatic carbocycles. The molecule has 0 fully saturated rings. The van der Waals surface area contributed by atoms with E-state index in [0.29, 0.717) is 35.8 Å². The molecule has 0 saturated heterocycles. The van der Waals surface area contributed by atoms with Gasteiger partial charge < -0.3 is 18.6 Å². The van der Waals surface area contributed by atoms with Gasteiger partial charge in [-0.2, -0.15) is 0 Å². The van der Waals surface area contributed by atoms with E-state index < -0.39 is 16.0 Å². The van der Waals surface area contributed by atoms with Crippen molar-refractivity contribution in [3.63, 3.8) is 0 Å². The van der Waals surface area contributed by atoms with Gasteiger partial charge in [-0.05, 0) is 36.4 Å². The maximum absolute atomic E-state index is 13.0. The first kappa shape index (κ1) is 20.8. The topological polar surface area (TPSA) is 117 Å². The molecule has 0 amide bonds. The second-order valence-electron chi connectivity index (χ2n) is 7.11. The normalized spacial score (nSPS) is 13.0. The average Bonchev–Trinajstić information content (AvgIpc) is 3.25. The summed E-state index contributed by atoms with van der Waals surface area (Å²) in [7, 11) is -4.01. The van der Waals surface area contributed by atoms with Crippen LogP contribution in [0.2, 0.25) is 0 Å². The number of nitrogens with one attached hydrogen (secondary N) is 1. The number of fused-ring (bicyclic) bond motifs is 2. The first-order chi connectivity index (χ1) is 16.0. The van der Waals surface area contributed by atoms with Crippen molar-refractivity contribution in [2.24, 2.45) is 0 Å². The lowest BCUT2D eigenvalue weighted by Crippen LogP contribution is -2.18. The molecule has 0 bridgehead atoms. The van der Waals surface area contributed by atoms with Crippen molar-refractivity contribution in [1.29, 1.82) is 0 Å². The Morgan fingerprint density at radius 2 is 1.73 bits per heavy atom.